The van der Waals surface area contributed by atoms with Crippen LogP contribution in [0.4, 0.5) is 0 Å². The predicted octanol–water partition coefficient (Wildman–Crippen LogP) is 4.17. The van der Waals surface area contributed by atoms with Gasteiger partial charge in [0.2, 0.25) is 0 Å². The van der Waals surface area contributed by atoms with Crippen molar-refractivity contribution < 1.29 is 9.53 Å². The fraction of sp³-hybridized carbons (Fsp3) is 0.611. The Morgan fingerprint density at radius 3 is 2.10 bits per heavy atom. The number of rotatable bonds is 10. The lowest BCUT2D eigenvalue weighted by molar-refractivity contribution is -0.141. The second-order valence-electron chi connectivity index (χ2n) is 5.67. The molecular weight excluding hydrogens is 262 g/mol. The second kappa shape index (κ2) is 12.4. The average Bonchev–Trinajstić information content (AvgIpc) is 2.38. The van der Waals surface area contributed by atoms with Gasteiger partial charge in [0.05, 0.1) is 6.54 Å². The van der Waals surface area contributed by atoms with Gasteiger partial charge in [0.15, 0.2) is 0 Å². The normalized spacial score (nSPS) is 12.2. The lowest BCUT2D eigenvalue weighted by Crippen LogP contribution is -2.20. The highest BCUT2D eigenvalue weighted by Crippen LogP contribution is 2.11. The van der Waals surface area contributed by atoms with Gasteiger partial charge in [-0.15, -0.1) is 0 Å². The van der Waals surface area contributed by atoms with E-state index in [0.29, 0.717) is 6.61 Å². The molecule has 0 aliphatic heterocycles. The molecule has 0 aromatic carbocycles. The van der Waals surface area contributed by atoms with Gasteiger partial charge < -0.3 is 10.1 Å². The van der Waals surface area contributed by atoms with E-state index in [9.17, 15) is 4.79 Å². The molecule has 0 unspecified atom stereocenters. The Morgan fingerprint density at radius 2 is 1.52 bits per heavy atom. The number of esters is 1. The van der Waals surface area contributed by atoms with Crippen molar-refractivity contribution >= 4 is 5.97 Å². The molecule has 3 nitrogen and oxygen atoms in total. The van der Waals surface area contributed by atoms with Crippen LogP contribution in [0.25, 0.3) is 0 Å². The second-order valence-corrected chi connectivity index (χ2v) is 5.67. The zero-order valence-electron chi connectivity index (χ0n) is 14.3. The van der Waals surface area contributed by atoms with Gasteiger partial charge in [-0.3, -0.25) is 4.79 Å². The maximum atomic E-state index is 11.1. The van der Waals surface area contributed by atoms with Crippen molar-refractivity contribution in [1.29, 1.82) is 0 Å². The van der Waals surface area contributed by atoms with Gasteiger partial charge in [0.1, 0.15) is 6.61 Å². The van der Waals surface area contributed by atoms with Crippen LogP contribution in [0.2, 0.25) is 0 Å². The smallest absolute Gasteiger partial charge is 0.320 e. The number of ether oxygens (including phenoxy) is 1. The molecule has 0 saturated heterocycles. The van der Waals surface area contributed by atoms with Gasteiger partial charge in [0.25, 0.3) is 0 Å². The average molecular weight is 293 g/mol. The van der Waals surface area contributed by atoms with Crippen LogP contribution < -0.4 is 5.32 Å². The fourth-order valence-electron chi connectivity index (χ4n) is 1.81. The number of hydrogen-bond acceptors (Lipinski definition) is 3. The van der Waals surface area contributed by atoms with Crippen LogP contribution in [0.1, 0.15) is 53.4 Å². The number of hydrogen-bond donors (Lipinski definition) is 1. The summed E-state index contributed by atoms with van der Waals surface area (Å²) in [6, 6.07) is 0. The summed E-state index contributed by atoms with van der Waals surface area (Å²) in [7, 11) is 1.73. The SMILES string of the molecule is CNCC(=O)OCC=C(C)CCC=C(C)CCC=C(C)C. The summed E-state index contributed by atoms with van der Waals surface area (Å²) in [4.78, 5) is 11.1. The first-order chi connectivity index (χ1) is 9.95. The third-order valence-electron chi connectivity index (χ3n) is 3.12. The molecule has 0 heterocycles. The third-order valence-corrected chi connectivity index (χ3v) is 3.12. The van der Waals surface area contributed by atoms with Crippen molar-refractivity contribution in [3.8, 4) is 0 Å². The molecule has 0 spiro atoms. The van der Waals surface area contributed by atoms with Gasteiger partial charge in [-0.1, -0.05) is 28.9 Å². The van der Waals surface area contributed by atoms with Crippen molar-refractivity contribution in [3.63, 3.8) is 0 Å². The molecule has 0 aliphatic carbocycles. The number of nitrogens with one attached hydrogen (secondary N) is 1. The molecule has 0 saturated carbocycles. The minimum atomic E-state index is -0.212. The van der Waals surface area contributed by atoms with Crippen molar-refractivity contribution in [2.45, 2.75) is 53.4 Å². The number of carbonyl (C=O) groups excluding carboxylic acids is 1. The highest BCUT2D eigenvalue weighted by Gasteiger charge is 1.98. The molecule has 0 bridgehead atoms. The van der Waals surface area contributed by atoms with E-state index < -0.39 is 0 Å². The maximum Gasteiger partial charge on any atom is 0.320 e. The van der Waals surface area contributed by atoms with E-state index in [4.69, 9.17) is 4.74 Å². The van der Waals surface area contributed by atoms with Crippen molar-refractivity contribution in [2.24, 2.45) is 0 Å². The molecule has 0 aromatic heterocycles. The van der Waals surface area contributed by atoms with Gasteiger partial charge in [-0.05, 0) is 66.5 Å². The minimum Gasteiger partial charge on any atom is -0.460 e. The Balaban J connectivity index is 3.88. The zero-order chi connectivity index (χ0) is 16.1. The molecule has 21 heavy (non-hydrogen) atoms. The third kappa shape index (κ3) is 13.4. The number of allylic oxidation sites excluding steroid dienone is 5. The van der Waals surface area contributed by atoms with Gasteiger partial charge in [-0.25, -0.2) is 0 Å². The summed E-state index contributed by atoms with van der Waals surface area (Å²) in [5.74, 6) is -0.212. The van der Waals surface area contributed by atoms with Crippen LogP contribution in [0, 0.1) is 0 Å². The molecule has 0 aliphatic rings. The van der Waals surface area contributed by atoms with Crippen molar-refractivity contribution in [1.82, 2.24) is 5.32 Å². The number of likely N-dealkylation sites (N-methyl/N-ethyl adjacent to an activating group) is 1. The zero-order valence-corrected chi connectivity index (χ0v) is 14.3. The monoisotopic (exact) mass is 293 g/mol. The molecule has 3 heteroatoms. The van der Waals surface area contributed by atoms with E-state index >= 15 is 0 Å². The fourth-order valence-corrected chi connectivity index (χ4v) is 1.81. The Hall–Kier alpha value is -1.35. The standard InChI is InChI=1S/C18H31NO2/c1-15(2)8-6-9-16(3)10-7-11-17(4)12-13-21-18(20)14-19-5/h8,10,12,19H,6-7,9,11,13-14H2,1-5H3. The van der Waals surface area contributed by atoms with Crippen LogP contribution in [0.3, 0.4) is 0 Å². The van der Waals surface area contributed by atoms with E-state index in [1.807, 2.05) is 6.08 Å². The van der Waals surface area contributed by atoms with Crippen LogP contribution in [0.15, 0.2) is 34.9 Å². The summed E-state index contributed by atoms with van der Waals surface area (Å²) in [5, 5.41) is 2.77. The van der Waals surface area contributed by atoms with Gasteiger partial charge in [0, 0.05) is 0 Å². The van der Waals surface area contributed by atoms with Crippen LogP contribution >= 0.6 is 0 Å². The Kier molecular flexibility index (Phi) is 11.6. The van der Waals surface area contributed by atoms with E-state index in [1.165, 1.54) is 16.7 Å². The molecule has 0 fully saturated rings. The van der Waals surface area contributed by atoms with Gasteiger partial charge in [-0.2, -0.15) is 0 Å². The van der Waals surface area contributed by atoms with Crippen molar-refractivity contribution in [3.05, 3.63) is 34.9 Å². The molecule has 0 amide bonds. The van der Waals surface area contributed by atoms with E-state index in [-0.39, 0.29) is 12.5 Å². The van der Waals surface area contributed by atoms with Crippen molar-refractivity contribution in [2.75, 3.05) is 20.2 Å². The van der Waals surface area contributed by atoms with Crippen LogP contribution in [0.5, 0.6) is 0 Å². The first-order valence-corrected chi connectivity index (χ1v) is 7.70. The van der Waals surface area contributed by atoms with Gasteiger partial charge >= 0.3 is 5.97 Å². The first kappa shape index (κ1) is 19.7. The maximum absolute atomic E-state index is 11.1. The van der Waals surface area contributed by atoms with Crippen LogP contribution in [-0.4, -0.2) is 26.2 Å². The molecule has 0 aromatic rings. The van der Waals surface area contributed by atoms with E-state index in [0.717, 1.165) is 25.7 Å². The van der Waals surface area contributed by atoms with E-state index in [2.05, 4.69) is 45.2 Å². The number of carbonyl (C=O) groups is 1. The summed E-state index contributed by atoms with van der Waals surface area (Å²) >= 11 is 0. The summed E-state index contributed by atoms with van der Waals surface area (Å²) in [6.07, 6.45) is 10.9. The summed E-state index contributed by atoms with van der Waals surface area (Å²) < 4.78 is 5.06. The Labute approximate surface area is 130 Å². The largest absolute Gasteiger partial charge is 0.460 e. The minimum absolute atomic E-state index is 0.212. The summed E-state index contributed by atoms with van der Waals surface area (Å²) in [6.45, 7) is 9.18. The summed E-state index contributed by atoms with van der Waals surface area (Å²) in [5.41, 5.74) is 4.09. The Bertz CT molecular complexity index is 388. The highest BCUT2D eigenvalue weighted by atomic mass is 16.5. The lowest BCUT2D eigenvalue weighted by Gasteiger charge is -2.03. The van der Waals surface area contributed by atoms with E-state index in [1.54, 1.807) is 7.05 Å². The molecule has 0 atom stereocenters. The lowest BCUT2D eigenvalue weighted by atomic mass is 10.1. The van der Waals surface area contributed by atoms with Crippen LogP contribution in [-0.2, 0) is 9.53 Å². The molecule has 0 rings (SSSR count). The molecule has 120 valence electrons. The topological polar surface area (TPSA) is 38.3 Å². The highest BCUT2D eigenvalue weighted by molar-refractivity contribution is 5.71. The quantitative estimate of drug-likeness (QED) is 0.485. The first-order valence-electron chi connectivity index (χ1n) is 7.70. The molecule has 0 radical (unpaired) electrons. The Morgan fingerprint density at radius 1 is 0.952 bits per heavy atom. The molecular formula is C18H31NO2. The predicted molar refractivity (Wildman–Crippen MR) is 90.3 cm³/mol. The molecule has 1 N–H and O–H groups in total.